The van der Waals surface area contributed by atoms with Crippen LogP contribution in [0.1, 0.15) is 51.9 Å². The molecule has 0 bridgehead atoms. The van der Waals surface area contributed by atoms with Gasteiger partial charge in [-0.2, -0.15) is 0 Å². The zero-order valence-electron chi connectivity index (χ0n) is 13.4. The molecule has 0 spiro atoms. The van der Waals surface area contributed by atoms with Crippen molar-refractivity contribution in [1.29, 1.82) is 0 Å². The summed E-state index contributed by atoms with van der Waals surface area (Å²) in [6, 6.07) is 6.38. The summed E-state index contributed by atoms with van der Waals surface area (Å²) in [5.74, 6) is -0.442. The number of para-hydroxylation sites is 1. The van der Waals surface area contributed by atoms with E-state index in [1.807, 2.05) is 0 Å². The average Bonchev–Trinajstić information content (AvgIpc) is 2.24. The highest BCUT2D eigenvalue weighted by Crippen LogP contribution is 2.22. The normalized spacial score (nSPS) is 11.7. The largest absolute Gasteiger partial charge is 0.514 e. The molecule has 0 saturated carbocycles. The summed E-state index contributed by atoms with van der Waals surface area (Å²) < 4.78 is 15.4. The maximum atomic E-state index is 12.1. The molecule has 21 heavy (non-hydrogen) atoms. The van der Waals surface area contributed by atoms with Crippen LogP contribution in [0.4, 0.5) is 4.79 Å². The number of hydrogen-bond donors (Lipinski definition) is 0. The minimum atomic E-state index is -0.862. The zero-order valence-corrected chi connectivity index (χ0v) is 13.4. The Morgan fingerprint density at radius 1 is 0.857 bits per heavy atom. The monoisotopic (exact) mass is 294 g/mol. The Labute approximate surface area is 125 Å². The van der Waals surface area contributed by atoms with Crippen molar-refractivity contribution < 1.29 is 23.8 Å². The minimum absolute atomic E-state index is 0.112. The number of ether oxygens (including phenoxy) is 3. The highest BCUT2D eigenvalue weighted by Gasteiger charge is 2.24. The molecule has 0 fully saturated rings. The van der Waals surface area contributed by atoms with Gasteiger partial charge in [0.2, 0.25) is 0 Å². The van der Waals surface area contributed by atoms with Gasteiger partial charge >= 0.3 is 12.1 Å². The molecule has 0 aromatic heterocycles. The third-order valence-electron chi connectivity index (χ3n) is 2.09. The van der Waals surface area contributed by atoms with Crippen molar-refractivity contribution in [2.45, 2.75) is 52.7 Å². The second-order valence-corrected chi connectivity index (χ2v) is 6.56. The van der Waals surface area contributed by atoms with Crippen molar-refractivity contribution in [3.63, 3.8) is 0 Å². The van der Waals surface area contributed by atoms with E-state index in [1.165, 1.54) is 12.1 Å². The van der Waals surface area contributed by atoms with E-state index in [0.29, 0.717) is 0 Å². The van der Waals surface area contributed by atoms with Crippen LogP contribution in [0.15, 0.2) is 24.3 Å². The van der Waals surface area contributed by atoms with Gasteiger partial charge in [0.1, 0.15) is 22.5 Å². The third-order valence-corrected chi connectivity index (χ3v) is 2.09. The van der Waals surface area contributed by atoms with Crippen molar-refractivity contribution >= 4 is 12.1 Å². The van der Waals surface area contributed by atoms with Gasteiger partial charge in [0.25, 0.3) is 0 Å². The fourth-order valence-corrected chi connectivity index (χ4v) is 1.42. The van der Waals surface area contributed by atoms with Gasteiger partial charge in [-0.05, 0) is 53.7 Å². The molecular formula is C16H22O5. The molecule has 116 valence electrons. The molecule has 5 heteroatoms. The first kappa shape index (κ1) is 17.0. The van der Waals surface area contributed by atoms with Crippen LogP contribution in [0.3, 0.4) is 0 Å². The fourth-order valence-electron chi connectivity index (χ4n) is 1.42. The lowest BCUT2D eigenvalue weighted by Crippen LogP contribution is -2.27. The van der Waals surface area contributed by atoms with Gasteiger partial charge < -0.3 is 14.2 Å². The molecule has 0 aliphatic rings. The van der Waals surface area contributed by atoms with Gasteiger partial charge in [-0.1, -0.05) is 12.1 Å². The number of rotatable bonds is 2. The Bertz CT molecular complexity index is 520. The van der Waals surface area contributed by atoms with Crippen molar-refractivity contribution in [2.24, 2.45) is 0 Å². The van der Waals surface area contributed by atoms with E-state index < -0.39 is 23.3 Å². The lowest BCUT2D eigenvalue weighted by atomic mass is 10.1. The van der Waals surface area contributed by atoms with Gasteiger partial charge in [0.05, 0.1) is 0 Å². The molecule has 1 rings (SSSR count). The summed E-state index contributed by atoms with van der Waals surface area (Å²) >= 11 is 0. The number of carbonyl (C=O) groups is 2. The Hall–Kier alpha value is -2.04. The molecule has 1 aromatic rings. The smallest absolute Gasteiger partial charge is 0.456 e. The van der Waals surface area contributed by atoms with Gasteiger partial charge in [0.15, 0.2) is 0 Å². The summed E-state index contributed by atoms with van der Waals surface area (Å²) in [6.07, 6.45) is -0.862. The summed E-state index contributed by atoms with van der Waals surface area (Å²) in [5, 5.41) is 0. The molecule has 0 radical (unpaired) electrons. The first-order valence-corrected chi connectivity index (χ1v) is 6.71. The molecule has 0 aliphatic heterocycles. The molecular weight excluding hydrogens is 272 g/mol. The summed E-state index contributed by atoms with van der Waals surface area (Å²) in [6.45, 7) is 10.5. The van der Waals surface area contributed by atoms with E-state index in [9.17, 15) is 9.59 Å². The van der Waals surface area contributed by atoms with Crippen LogP contribution >= 0.6 is 0 Å². The summed E-state index contributed by atoms with van der Waals surface area (Å²) in [4.78, 5) is 23.8. The average molecular weight is 294 g/mol. The lowest BCUT2D eigenvalue weighted by Gasteiger charge is -2.21. The summed E-state index contributed by atoms with van der Waals surface area (Å²) in [7, 11) is 0. The Morgan fingerprint density at radius 3 is 1.90 bits per heavy atom. The van der Waals surface area contributed by atoms with E-state index in [4.69, 9.17) is 14.2 Å². The Kier molecular flexibility index (Phi) is 4.99. The molecule has 5 nitrogen and oxygen atoms in total. The van der Waals surface area contributed by atoms with Crippen molar-refractivity contribution in [2.75, 3.05) is 0 Å². The molecule has 0 atom stereocenters. The van der Waals surface area contributed by atoms with Gasteiger partial charge in [-0.3, -0.25) is 0 Å². The molecule has 0 unspecified atom stereocenters. The summed E-state index contributed by atoms with van der Waals surface area (Å²) in [5.41, 5.74) is -1.12. The van der Waals surface area contributed by atoms with Crippen molar-refractivity contribution in [3.8, 4) is 5.75 Å². The predicted molar refractivity (Wildman–Crippen MR) is 78.5 cm³/mol. The Balaban J connectivity index is 2.90. The molecule has 0 N–H and O–H groups in total. The standard InChI is InChI=1S/C16H22O5/c1-15(2,3)20-13(17)11-9-7-8-10-12(11)19-14(18)21-16(4,5)6/h7-10H,1-6H3. The van der Waals surface area contributed by atoms with E-state index >= 15 is 0 Å². The Morgan fingerprint density at radius 2 is 1.38 bits per heavy atom. The zero-order chi connectivity index (χ0) is 16.3. The number of esters is 1. The van der Waals surface area contributed by atoms with Crippen molar-refractivity contribution in [3.05, 3.63) is 29.8 Å². The molecule has 1 aromatic carbocycles. The van der Waals surface area contributed by atoms with E-state index in [1.54, 1.807) is 53.7 Å². The number of benzene rings is 1. The quantitative estimate of drug-likeness (QED) is 0.610. The van der Waals surface area contributed by atoms with Crippen LogP contribution in [0.2, 0.25) is 0 Å². The van der Waals surface area contributed by atoms with Crippen LogP contribution in [0, 0.1) is 0 Å². The van der Waals surface area contributed by atoms with Gasteiger partial charge in [-0.15, -0.1) is 0 Å². The molecule has 0 amide bonds. The van der Waals surface area contributed by atoms with Crippen LogP contribution in [0.25, 0.3) is 0 Å². The molecule has 0 heterocycles. The maximum absolute atomic E-state index is 12.1. The fraction of sp³-hybridized carbons (Fsp3) is 0.500. The van der Waals surface area contributed by atoms with Gasteiger partial charge in [-0.25, -0.2) is 9.59 Å². The highest BCUT2D eigenvalue weighted by molar-refractivity contribution is 5.93. The molecule has 0 saturated heterocycles. The van der Waals surface area contributed by atoms with Crippen LogP contribution in [-0.4, -0.2) is 23.3 Å². The van der Waals surface area contributed by atoms with Crippen LogP contribution in [-0.2, 0) is 9.47 Å². The van der Waals surface area contributed by atoms with Crippen molar-refractivity contribution in [1.82, 2.24) is 0 Å². The second-order valence-electron chi connectivity index (χ2n) is 6.56. The van der Waals surface area contributed by atoms with E-state index in [-0.39, 0.29) is 11.3 Å². The minimum Gasteiger partial charge on any atom is -0.456 e. The SMILES string of the molecule is CC(C)(C)OC(=O)Oc1ccccc1C(=O)OC(C)(C)C. The highest BCUT2D eigenvalue weighted by atomic mass is 16.7. The van der Waals surface area contributed by atoms with Crippen LogP contribution in [0.5, 0.6) is 5.75 Å². The van der Waals surface area contributed by atoms with E-state index in [2.05, 4.69) is 0 Å². The third kappa shape index (κ3) is 6.29. The first-order chi connectivity index (χ1) is 9.48. The number of hydrogen-bond acceptors (Lipinski definition) is 5. The van der Waals surface area contributed by atoms with E-state index in [0.717, 1.165) is 0 Å². The lowest BCUT2D eigenvalue weighted by molar-refractivity contribution is 0.00611. The first-order valence-electron chi connectivity index (χ1n) is 6.71. The van der Waals surface area contributed by atoms with Crippen LogP contribution < -0.4 is 4.74 Å². The second kappa shape index (κ2) is 6.16. The topological polar surface area (TPSA) is 61.8 Å². The van der Waals surface area contributed by atoms with Gasteiger partial charge in [0, 0.05) is 0 Å². The molecule has 0 aliphatic carbocycles. The maximum Gasteiger partial charge on any atom is 0.514 e. The predicted octanol–water partition coefficient (Wildman–Crippen LogP) is 3.96. The number of carbonyl (C=O) groups excluding carboxylic acids is 2.